The van der Waals surface area contributed by atoms with Crippen molar-refractivity contribution in [1.29, 1.82) is 0 Å². The Bertz CT molecular complexity index is 419. The van der Waals surface area contributed by atoms with Gasteiger partial charge in [0.2, 0.25) is 0 Å². The van der Waals surface area contributed by atoms with Crippen LogP contribution in [-0.4, -0.2) is 18.7 Å². The zero-order valence-corrected chi connectivity index (χ0v) is 12.1. The highest BCUT2D eigenvalue weighted by atomic mass is 19.1. The minimum Gasteiger partial charge on any atom is -0.486 e. The smallest absolute Gasteiger partial charge is 0.165 e. The van der Waals surface area contributed by atoms with E-state index in [1.54, 1.807) is 12.1 Å². The van der Waals surface area contributed by atoms with Crippen molar-refractivity contribution in [3.8, 4) is 5.75 Å². The lowest BCUT2D eigenvalue weighted by Crippen LogP contribution is -2.47. The molecule has 2 unspecified atom stereocenters. The molecular weight excluding hydrogens is 241 g/mol. The lowest BCUT2D eigenvalue weighted by molar-refractivity contribution is 0.135. The second-order valence-electron chi connectivity index (χ2n) is 6.05. The molecule has 1 saturated carbocycles. The van der Waals surface area contributed by atoms with Crippen molar-refractivity contribution in [1.82, 2.24) is 5.32 Å². The molecular formula is C16H24FNO. The fraction of sp³-hybridized carbons (Fsp3) is 0.625. The van der Waals surface area contributed by atoms with Gasteiger partial charge < -0.3 is 10.1 Å². The summed E-state index contributed by atoms with van der Waals surface area (Å²) in [5, 5.41) is 3.56. The van der Waals surface area contributed by atoms with Crippen LogP contribution in [0, 0.1) is 11.2 Å². The van der Waals surface area contributed by atoms with Crippen molar-refractivity contribution in [2.45, 2.75) is 52.2 Å². The van der Waals surface area contributed by atoms with Gasteiger partial charge in [-0.3, -0.25) is 0 Å². The van der Waals surface area contributed by atoms with Crippen LogP contribution >= 0.6 is 0 Å². The summed E-state index contributed by atoms with van der Waals surface area (Å²) >= 11 is 0. The highest BCUT2D eigenvalue weighted by molar-refractivity contribution is 5.24. The normalized spacial score (nSPS) is 25.5. The number of hydrogen-bond acceptors (Lipinski definition) is 2. The molecule has 19 heavy (non-hydrogen) atoms. The SMILES string of the molecule is CCCNC1C(Oc2ccccc2F)CCC1(C)C. The molecule has 1 aromatic carbocycles. The van der Waals surface area contributed by atoms with Crippen LogP contribution in [0.5, 0.6) is 5.75 Å². The quantitative estimate of drug-likeness (QED) is 0.875. The molecule has 0 amide bonds. The molecule has 0 aliphatic heterocycles. The Labute approximate surface area is 115 Å². The van der Waals surface area contributed by atoms with Gasteiger partial charge in [-0.2, -0.15) is 0 Å². The van der Waals surface area contributed by atoms with E-state index >= 15 is 0 Å². The monoisotopic (exact) mass is 265 g/mol. The molecule has 2 atom stereocenters. The number of nitrogens with one attached hydrogen (secondary N) is 1. The van der Waals surface area contributed by atoms with Crippen molar-refractivity contribution in [2.24, 2.45) is 5.41 Å². The van der Waals surface area contributed by atoms with Crippen LogP contribution in [0.25, 0.3) is 0 Å². The van der Waals surface area contributed by atoms with Crippen molar-refractivity contribution in [2.75, 3.05) is 6.54 Å². The average Bonchev–Trinajstić information content (AvgIpc) is 2.65. The second kappa shape index (κ2) is 5.91. The van der Waals surface area contributed by atoms with E-state index in [-0.39, 0.29) is 23.4 Å². The highest BCUT2D eigenvalue weighted by Crippen LogP contribution is 2.39. The van der Waals surface area contributed by atoms with E-state index in [1.807, 2.05) is 6.07 Å². The van der Waals surface area contributed by atoms with Gasteiger partial charge in [0.1, 0.15) is 6.10 Å². The Balaban J connectivity index is 2.08. The summed E-state index contributed by atoms with van der Waals surface area (Å²) in [7, 11) is 0. The molecule has 0 saturated heterocycles. The minimum absolute atomic E-state index is 0.0541. The first-order chi connectivity index (χ1) is 9.04. The maximum Gasteiger partial charge on any atom is 0.165 e. The van der Waals surface area contributed by atoms with Gasteiger partial charge in [-0.1, -0.05) is 32.9 Å². The van der Waals surface area contributed by atoms with Crippen LogP contribution in [0.4, 0.5) is 4.39 Å². The van der Waals surface area contributed by atoms with E-state index < -0.39 is 0 Å². The van der Waals surface area contributed by atoms with E-state index in [0.717, 1.165) is 25.8 Å². The number of halogens is 1. The predicted octanol–water partition coefficient (Wildman–Crippen LogP) is 3.76. The summed E-state index contributed by atoms with van der Waals surface area (Å²) < 4.78 is 19.6. The molecule has 3 heteroatoms. The maximum atomic E-state index is 13.7. The fourth-order valence-corrected chi connectivity index (χ4v) is 2.88. The Hall–Kier alpha value is -1.09. The molecule has 1 aromatic rings. The summed E-state index contributed by atoms with van der Waals surface area (Å²) in [5.74, 6) is 0.0925. The van der Waals surface area contributed by atoms with Crippen LogP contribution in [-0.2, 0) is 0 Å². The van der Waals surface area contributed by atoms with E-state index in [4.69, 9.17) is 4.74 Å². The average molecular weight is 265 g/mol. The van der Waals surface area contributed by atoms with Crippen LogP contribution in [0.15, 0.2) is 24.3 Å². The summed E-state index contributed by atoms with van der Waals surface area (Å²) in [5.41, 5.74) is 0.199. The van der Waals surface area contributed by atoms with Crippen molar-refractivity contribution < 1.29 is 9.13 Å². The van der Waals surface area contributed by atoms with Gasteiger partial charge in [-0.15, -0.1) is 0 Å². The summed E-state index contributed by atoms with van der Waals surface area (Å²) in [4.78, 5) is 0. The van der Waals surface area contributed by atoms with Crippen molar-refractivity contribution in [3.05, 3.63) is 30.1 Å². The molecule has 0 bridgehead atoms. The molecule has 0 heterocycles. The zero-order valence-electron chi connectivity index (χ0n) is 12.1. The molecule has 0 spiro atoms. The lowest BCUT2D eigenvalue weighted by atomic mass is 9.87. The summed E-state index contributed by atoms with van der Waals surface area (Å²) in [6.07, 6.45) is 3.23. The van der Waals surface area contributed by atoms with Crippen molar-refractivity contribution in [3.63, 3.8) is 0 Å². The van der Waals surface area contributed by atoms with Crippen LogP contribution in [0.3, 0.4) is 0 Å². The molecule has 0 aromatic heterocycles. The highest BCUT2D eigenvalue weighted by Gasteiger charge is 2.43. The van der Waals surface area contributed by atoms with Gasteiger partial charge >= 0.3 is 0 Å². The topological polar surface area (TPSA) is 21.3 Å². The molecule has 106 valence electrons. The number of ether oxygens (including phenoxy) is 1. The van der Waals surface area contributed by atoms with Crippen LogP contribution < -0.4 is 10.1 Å². The third kappa shape index (κ3) is 3.27. The fourth-order valence-electron chi connectivity index (χ4n) is 2.88. The Morgan fingerprint density at radius 3 is 2.79 bits per heavy atom. The van der Waals surface area contributed by atoms with Gasteiger partial charge in [0.25, 0.3) is 0 Å². The first-order valence-corrected chi connectivity index (χ1v) is 7.19. The lowest BCUT2D eigenvalue weighted by Gasteiger charge is -2.31. The Morgan fingerprint density at radius 1 is 1.37 bits per heavy atom. The molecule has 2 rings (SSSR count). The first kappa shape index (κ1) is 14.3. The number of hydrogen-bond donors (Lipinski definition) is 1. The van der Waals surface area contributed by atoms with Crippen LogP contribution in [0.1, 0.15) is 40.0 Å². The third-order valence-electron chi connectivity index (χ3n) is 4.02. The van der Waals surface area contributed by atoms with E-state index in [1.165, 1.54) is 6.07 Å². The van der Waals surface area contributed by atoms with Gasteiger partial charge in [0, 0.05) is 6.04 Å². The summed E-state index contributed by atoms with van der Waals surface area (Å²) in [6, 6.07) is 6.94. The molecule has 1 fully saturated rings. The molecule has 1 aliphatic rings. The standard InChI is InChI=1S/C16H24FNO/c1-4-11-18-15-14(9-10-16(15,2)3)19-13-8-6-5-7-12(13)17/h5-8,14-15,18H,4,9-11H2,1-3H3. The Kier molecular flexibility index (Phi) is 4.46. The number of rotatable bonds is 5. The minimum atomic E-state index is -0.276. The maximum absolute atomic E-state index is 13.7. The molecule has 1 aliphatic carbocycles. The number of benzene rings is 1. The van der Waals surface area contributed by atoms with Crippen LogP contribution in [0.2, 0.25) is 0 Å². The second-order valence-corrected chi connectivity index (χ2v) is 6.05. The number of para-hydroxylation sites is 1. The largest absolute Gasteiger partial charge is 0.486 e. The van der Waals surface area contributed by atoms with Gasteiger partial charge in [-0.05, 0) is 43.4 Å². The van der Waals surface area contributed by atoms with E-state index in [0.29, 0.717) is 5.75 Å². The molecule has 1 N–H and O–H groups in total. The Morgan fingerprint density at radius 2 is 2.11 bits per heavy atom. The third-order valence-corrected chi connectivity index (χ3v) is 4.02. The van der Waals surface area contributed by atoms with Gasteiger partial charge in [0.15, 0.2) is 11.6 Å². The van der Waals surface area contributed by atoms with Gasteiger partial charge in [-0.25, -0.2) is 4.39 Å². The first-order valence-electron chi connectivity index (χ1n) is 7.19. The molecule has 0 radical (unpaired) electrons. The van der Waals surface area contributed by atoms with Crippen molar-refractivity contribution >= 4 is 0 Å². The van der Waals surface area contributed by atoms with E-state index in [9.17, 15) is 4.39 Å². The van der Waals surface area contributed by atoms with Gasteiger partial charge in [0.05, 0.1) is 0 Å². The summed E-state index contributed by atoms with van der Waals surface area (Å²) in [6.45, 7) is 7.64. The predicted molar refractivity (Wildman–Crippen MR) is 75.9 cm³/mol. The van der Waals surface area contributed by atoms with E-state index in [2.05, 4.69) is 26.1 Å². The zero-order chi connectivity index (χ0) is 13.9. The molecule has 2 nitrogen and oxygen atoms in total.